The van der Waals surface area contributed by atoms with Crippen LogP contribution in [0, 0.1) is 5.92 Å². The van der Waals surface area contributed by atoms with Gasteiger partial charge < -0.3 is 9.80 Å². The summed E-state index contributed by atoms with van der Waals surface area (Å²) in [6.07, 6.45) is 10.3. The van der Waals surface area contributed by atoms with Gasteiger partial charge >= 0.3 is 0 Å². The molecule has 5 rings (SSSR count). The molecule has 0 N–H and O–H groups in total. The van der Waals surface area contributed by atoms with E-state index in [0.29, 0.717) is 12.0 Å². The Kier molecular flexibility index (Phi) is 5.57. The molecule has 1 aromatic carbocycles. The van der Waals surface area contributed by atoms with Gasteiger partial charge in [-0.25, -0.2) is 9.97 Å². The predicted octanol–water partition coefficient (Wildman–Crippen LogP) is 3.66. The predicted molar refractivity (Wildman–Crippen MR) is 121 cm³/mol. The van der Waals surface area contributed by atoms with Gasteiger partial charge in [-0.2, -0.15) is 5.10 Å². The molecule has 31 heavy (non-hydrogen) atoms. The van der Waals surface area contributed by atoms with Crippen LogP contribution in [0.1, 0.15) is 48.9 Å². The molecule has 2 aliphatic rings. The maximum atomic E-state index is 13.3. The highest BCUT2D eigenvalue weighted by Crippen LogP contribution is 2.33. The van der Waals surface area contributed by atoms with Crippen molar-refractivity contribution in [3.8, 4) is 0 Å². The first kappa shape index (κ1) is 20.0. The number of amides is 1. The smallest absolute Gasteiger partial charge is 0.254 e. The van der Waals surface area contributed by atoms with Gasteiger partial charge in [0.2, 0.25) is 0 Å². The second kappa shape index (κ2) is 8.65. The van der Waals surface area contributed by atoms with Crippen LogP contribution in [-0.2, 0) is 7.05 Å². The monoisotopic (exact) mass is 418 g/mol. The molecule has 0 spiro atoms. The standard InChI is InChI=1S/C24H30N6O/c1-28-22-20(16-27-28)23(26-17-25-22)29-14-11-18(12-15-29)21-10-6-3-7-13-30(21)24(31)19-8-4-2-5-9-19/h2,4-5,8-9,16-18,21H,3,6-7,10-15H2,1H3. The van der Waals surface area contributed by atoms with E-state index in [9.17, 15) is 4.79 Å². The molecule has 2 aromatic heterocycles. The lowest BCUT2D eigenvalue weighted by atomic mass is 9.85. The van der Waals surface area contributed by atoms with Gasteiger partial charge in [-0.05, 0) is 43.7 Å². The number of carbonyl (C=O) groups excluding carboxylic acids is 1. The zero-order chi connectivity index (χ0) is 21.2. The summed E-state index contributed by atoms with van der Waals surface area (Å²) in [5.74, 6) is 1.71. The Labute approximate surface area is 183 Å². The van der Waals surface area contributed by atoms with Crippen molar-refractivity contribution in [3.63, 3.8) is 0 Å². The molecular weight excluding hydrogens is 388 g/mol. The lowest BCUT2D eigenvalue weighted by Crippen LogP contribution is -2.48. The van der Waals surface area contributed by atoms with Gasteiger partial charge in [0, 0.05) is 38.3 Å². The number of rotatable bonds is 3. The fourth-order valence-electron chi connectivity index (χ4n) is 5.32. The SMILES string of the molecule is Cn1ncc2c(N3CCC(C4CCCCCN4C(=O)c4ccccc4)CC3)ncnc21. The summed E-state index contributed by atoms with van der Waals surface area (Å²) in [6, 6.07) is 10.1. The van der Waals surface area contributed by atoms with Crippen LogP contribution in [0.3, 0.4) is 0 Å². The average molecular weight is 419 g/mol. The molecule has 1 unspecified atom stereocenters. The molecule has 3 aromatic rings. The number of nitrogens with zero attached hydrogens (tertiary/aromatic N) is 6. The van der Waals surface area contributed by atoms with Crippen LogP contribution in [-0.4, -0.2) is 56.2 Å². The number of carbonyl (C=O) groups is 1. The first-order valence-electron chi connectivity index (χ1n) is 11.5. The first-order valence-corrected chi connectivity index (χ1v) is 11.5. The minimum atomic E-state index is 0.197. The van der Waals surface area contributed by atoms with E-state index >= 15 is 0 Å². The number of aromatic nitrogens is 4. The number of fused-ring (bicyclic) bond motifs is 1. The van der Waals surface area contributed by atoms with Crippen molar-refractivity contribution in [2.75, 3.05) is 24.5 Å². The number of likely N-dealkylation sites (tertiary alicyclic amines) is 1. The molecule has 0 bridgehead atoms. The van der Waals surface area contributed by atoms with Crippen LogP contribution in [0.25, 0.3) is 11.0 Å². The van der Waals surface area contributed by atoms with Crippen molar-refractivity contribution >= 4 is 22.8 Å². The summed E-state index contributed by atoms with van der Waals surface area (Å²) >= 11 is 0. The highest BCUT2D eigenvalue weighted by atomic mass is 16.2. The summed E-state index contributed by atoms with van der Waals surface area (Å²) in [5, 5.41) is 5.36. The van der Waals surface area contributed by atoms with Gasteiger partial charge in [0.05, 0.1) is 11.6 Å². The van der Waals surface area contributed by atoms with Gasteiger partial charge in [-0.1, -0.05) is 31.0 Å². The number of benzene rings is 1. The number of anilines is 1. The Bertz CT molecular complexity index is 1040. The van der Waals surface area contributed by atoms with Crippen LogP contribution < -0.4 is 4.90 Å². The molecule has 2 fully saturated rings. The highest BCUT2D eigenvalue weighted by Gasteiger charge is 2.34. The molecule has 0 saturated carbocycles. The second-order valence-corrected chi connectivity index (χ2v) is 8.81. The molecule has 2 aliphatic heterocycles. The molecule has 0 aliphatic carbocycles. The highest BCUT2D eigenvalue weighted by molar-refractivity contribution is 5.94. The Morgan fingerprint density at radius 2 is 1.77 bits per heavy atom. The molecule has 162 valence electrons. The number of aryl methyl sites for hydroxylation is 1. The summed E-state index contributed by atoms with van der Waals surface area (Å²) in [7, 11) is 1.91. The van der Waals surface area contributed by atoms with Crippen LogP contribution in [0.15, 0.2) is 42.9 Å². The van der Waals surface area contributed by atoms with Gasteiger partial charge in [-0.15, -0.1) is 0 Å². The normalized spacial score (nSPS) is 20.7. The maximum Gasteiger partial charge on any atom is 0.254 e. The third-order valence-electron chi connectivity index (χ3n) is 6.97. The first-order chi connectivity index (χ1) is 15.2. The van der Waals surface area contributed by atoms with Crippen LogP contribution >= 0.6 is 0 Å². The van der Waals surface area contributed by atoms with Crippen molar-refractivity contribution in [1.82, 2.24) is 24.6 Å². The quantitative estimate of drug-likeness (QED) is 0.649. The summed E-state index contributed by atoms with van der Waals surface area (Å²) in [4.78, 5) is 26.8. The second-order valence-electron chi connectivity index (χ2n) is 8.81. The fraction of sp³-hybridized carbons (Fsp3) is 0.500. The Morgan fingerprint density at radius 1 is 0.968 bits per heavy atom. The topological polar surface area (TPSA) is 67.2 Å². The Morgan fingerprint density at radius 3 is 2.58 bits per heavy atom. The Hall–Kier alpha value is -2.96. The number of hydrogen-bond donors (Lipinski definition) is 0. The zero-order valence-electron chi connectivity index (χ0n) is 18.2. The number of hydrogen-bond acceptors (Lipinski definition) is 5. The Balaban J connectivity index is 1.32. The molecular formula is C24H30N6O. The van der Waals surface area contributed by atoms with Crippen molar-refractivity contribution in [2.45, 2.75) is 44.6 Å². The van der Waals surface area contributed by atoms with Crippen molar-refractivity contribution < 1.29 is 4.79 Å². The fourth-order valence-corrected chi connectivity index (χ4v) is 5.32. The maximum absolute atomic E-state index is 13.3. The van der Waals surface area contributed by atoms with Gasteiger partial charge in [-0.3, -0.25) is 9.48 Å². The van der Waals surface area contributed by atoms with E-state index in [1.807, 2.05) is 43.6 Å². The van der Waals surface area contributed by atoms with E-state index in [1.54, 1.807) is 11.0 Å². The van der Waals surface area contributed by atoms with Crippen molar-refractivity contribution in [1.29, 1.82) is 0 Å². The number of piperidine rings is 1. The molecule has 1 amide bonds. The lowest BCUT2D eigenvalue weighted by Gasteiger charge is -2.41. The van der Waals surface area contributed by atoms with Gasteiger partial charge in [0.1, 0.15) is 12.1 Å². The van der Waals surface area contributed by atoms with Crippen LogP contribution in [0.5, 0.6) is 0 Å². The van der Waals surface area contributed by atoms with Crippen molar-refractivity contribution in [3.05, 3.63) is 48.4 Å². The molecule has 7 heteroatoms. The van der Waals surface area contributed by atoms with Crippen LogP contribution in [0.4, 0.5) is 5.82 Å². The van der Waals surface area contributed by atoms with E-state index in [1.165, 1.54) is 12.8 Å². The third-order valence-corrected chi connectivity index (χ3v) is 6.97. The average Bonchev–Trinajstić information content (AvgIpc) is 3.05. The van der Waals surface area contributed by atoms with Gasteiger partial charge in [0.15, 0.2) is 5.65 Å². The summed E-state index contributed by atoms with van der Waals surface area (Å²) in [5.41, 5.74) is 1.68. The van der Waals surface area contributed by atoms with Crippen LogP contribution in [0.2, 0.25) is 0 Å². The summed E-state index contributed by atoms with van der Waals surface area (Å²) < 4.78 is 1.80. The lowest BCUT2D eigenvalue weighted by molar-refractivity contribution is 0.0588. The largest absolute Gasteiger partial charge is 0.356 e. The van der Waals surface area contributed by atoms with Crippen molar-refractivity contribution in [2.24, 2.45) is 13.0 Å². The van der Waals surface area contributed by atoms with Gasteiger partial charge in [0.25, 0.3) is 5.91 Å². The van der Waals surface area contributed by atoms with E-state index in [2.05, 4.69) is 24.9 Å². The minimum absolute atomic E-state index is 0.197. The molecule has 0 radical (unpaired) electrons. The van der Waals surface area contributed by atoms with E-state index < -0.39 is 0 Å². The van der Waals surface area contributed by atoms with E-state index in [4.69, 9.17) is 0 Å². The molecule has 1 atom stereocenters. The molecule has 2 saturated heterocycles. The minimum Gasteiger partial charge on any atom is -0.356 e. The third kappa shape index (κ3) is 3.89. The summed E-state index contributed by atoms with van der Waals surface area (Å²) in [6.45, 7) is 2.78. The van der Waals surface area contributed by atoms with E-state index in [-0.39, 0.29) is 5.91 Å². The zero-order valence-corrected chi connectivity index (χ0v) is 18.2. The molecule has 7 nitrogen and oxygen atoms in total. The molecule has 4 heterocycles. The van der Waals surface area contributed by atoms with E-state index in [0.717, 1.165) is 67.7 Å².